The van der Waals surface area contributed by atoms with Crippen LogP contribution < -0.4 is 25.9 Å². The first-order valence-electron chi connectivity index (χ1n) is 16.4. The van der Waals surface area contributed by atoms with Crippen molar-refractivity contribution in [2.24, 2.45) is 0 Å². The van der Waals surface area contributed by atoms with E-state index in [0.717, 1.165) is 19.5 Å². The standard InChI is InChI=1S/C21H27FN4O5.C12H11FN2O5S/c1-21(2,3)31-20(29)24-14-6-7-25(10-16(14)27)9-12-11-30-19-13(22)8-23-15-4-5-17(28)26(12)18(15)19;1-19-21(17,18)6-7-5-20-12-8(13)4-14-9-2-3-10(16)15(7)11(9)12/h4-5,8,12,14,16,27H,6-7,9-11H2,1-3H3,(H,24,29);2-4,7H,5-6H2,1H3/t12-,14-,16+;7-/m10/s1. The Morgan fingerprint density at radius 3 is 2.02 bits per heavy atom. The highest BCUT2D eigenvalue weighted by molar-refractivity contribution is 7.86. The fourth-order valence-corrected chi connectivity index (χ4v) is 7.35. The highest BCUT2D eigenvalue weighted by Crippen LogP contribution is 2.34. The van der Waals surface area contributed by atoms with Gasteiger partial charge >= 0.3 is 6.09 Å². The van der Waals surface area contributed by atoms with E-state index in [9.17, 15) is 36.7 Å². The highest BCUT2D eigenvalue weighted by Gasteiger charge is 2.34. The van der Waals surface area contributed by atoms with Gasteiger partial charge in [-0.3, -0.25) is 37.8 Å². The van der Waals surface area contributed by atoms with E-state index >= 15 is 0 Å². The van der Waals surface area contributed by atoms with Crippen LogP contribution in [0.25, 0.3) is 22.1 Å². The molecule has 4 aromatic rings. The second-order valence-corrected chi connectivity index (χ2v) is 15.4. The number of halogens is 2. The summed E-state index contributed by atoms with van der Waals surface area (Å²) in [5.74, 6) is -1.80. The number of ether oxygens (including phenoxy) is 3. The molecule has 280 valence electrons. The molecule has 4 atom stereocenters. The highest BCUT2D eigenvalue weighted by atomic mass is 32.2. The summed E-state index contributed by atoms with van der Waals surface area (Å²) in [5.41, 5.74) is 0.0323. The van der Waals surface area contributed by atoms with Gasteiger partial charge in [-0.25, -0.2) is 13.6 Å². The third-order valence-electron chi connectivity index (χ3n) is 8.77. The lowest BCUT2D eigenvalue weighted by Gasteiger charge is -2.39. The molecule has 1 amide bonds. The van der Waals surface area contributed by atoms with Crippen molar-refractivity contribution in [3.05, 3.63) is 69.0 Å². The zero-order valence-electron chi connectivity index (χ0n) is 28.7. The number of carbonyl (C=O) groups excluding carboxylic acids is 1. The SMILES string of the molecule is CC(C)(C)OC(=O)N[C@@H]1CCN(C[C@@H]2COc3c(F)cnc4ccc(=O)n2c34)C[C@@H]1O.COS(=O)(=O)C[C@@H]1COc2c(F)cnc3ccc(=O)n1c23. The Bertz CT molecular complexity index is 2240. The monoisotopic (exact) mass is 748 g/mol. The maximum Gasteiger partial charge on any atom is 0.407 e. The summed E-state index contributed by atoms with van der Waals surface area (Å²) < 4.78 is 74.4. The number of hydrogen-bond acceptors (Lipinski definition) is 13. The van der Waals surface area contributed by atoms with Crippen molar-refractivity contribution in [2.75, 3.05) is 45.7 Å². The minimum absolute atomic E-state index is 0.0410. The number of rotatable bonds is 6. The Morgan fingerprint density at radius 1 is 0.962 bits per heavy atom. The van der Waals surface area contributed by atoms with Gasteiger partial charge in [-0.1, -0.05) is 0 Å². The van der Waals surface area contributed by atoms with Gasteiger partial charge in [0.25, 0.3) is 21.2 Å². The number of carbonyl (C=O) groups is 1. The van der Waals surface area contributed by atoms with E-state index in [0.29, 0.717) is 42.6 Å². The average Bonchev–Trinajstić information content (AvgIpc) is 3.08. The van der Waals surface area contributed by atoms with Crippen LogP contribution in [0.4, 0.5) is 13.6 Å². The average molecular weight is 749 g/mol. The van der Waals surface area contributed by atoms with Crippen molar-refractivity contribution in [3.8, 4) is 11.5 Å². The molecular weight excluding hydrogens is 710 g/mol. The molecule has 0 spiro atoms. The number of nitrogens with one attached hydrogen (secondary N) is 1. The normalized spacial score (nSPS) is 21.4. The Balaban J connectivity index is 0.000000192. The van der Waals surface area contributed by atoms with Gasteiger partial charge in [0, 0.05) is 31.8 Å². The van der Waals surface area contributed by atoms with Crippen LogP contribution in [0, 0.1) is 11.6 Å². The molecular formula is C33H38F2N6O10S. The van der Waals surface area contributed by atoms with E-state index in [1.54, 1.807) is 26.8 Å². The van der Waals surface area contributed by atoms with Crippen molar-refractivity contribution < 1.29 is 45.5 Å². The van der Waals surface area contributed by atoms with E-state index in [-0.39, 0.29) is 41.8 Å². The van der Waals surface area contributed by atoms with Crippen LogP contribution in [-0.2, 0) is 19.0 Å². The molecule has 1 fully saturated rings. The number of aliphatic hydroxyl groups excluding tert-OH is 1. The zero-order valence-corrected chi connectivity index (χ0v) is 29.6. The molecule has 3 aliphatic heterocycles. The van der Waals surface area contributed by atoms with Crippen LogP contribution in [0.2, 0.25) is 0 Å². The lowest BCUT2D eigenvalue weighted by molar-refractivity contribution is 0.0149. The molecule has 0 unspecified atom stereocenters. The third kappa shape index (κ3) is 7.71. The van der Waals surface area contributed by atoms with E-state index in [1.165, 1.54) is 27.3 Å². The Morgan fingerprint density at radius 2 is 1.50 bits per heavy atom. The second kappa shape index (κ2) is 14.4. The number of pyridine rings is 4. The van der Waals surface area contributed by atoms with Crippen molar-refractivity contribution in [1.82, 2.24) is 29.3 Å². The maximum atomic E-state index is 14.2. The van der Waals surface area contributed by atoms with Crippen LogP contribution in [0.3, 0.4) is 0 Å². The smallest absolute Gasteiger partial charge is 0.407 e. The first-order valence-corrected chi connectivity index (χ1v) is 18.0. The van der Waals surface area contributed by atoms with Crippen LogP contribution >= 0.6 is 0 Å². The fourth-order valence-electron chi connectivity index (χ4n) is 6.50. The van der Waals surface area contributed by atoms with Crippen LogP contribution in [0.1, 0.15) is 39.3 Å². The summed E-state index contributed by atoms with van der Waals surface area (Å²) in [7, 11) is -2.76. The van der Waals surface area contributed by atoms with E-state index in [1.807, 2.05) is 4.90 Å². The van der Waals surface area contributed by atoms with Gasteiger partial charge in [0.15, 0.2) is 23.1 Å². The van der Waals surface area contributed by atoms with Gasteiger partial charge in [-0.05, 0) is 39.3 Å². The summed E-state index contributed by atoms with van der Waals surface area (Å²) in [6, 6.07) is 4.10. The topological polar surface area (TPSA) is 193 Å². The number of piperidine rings is 1. The first-order chi connectivity index (χ1) is 24.5. The molecule has 4 aromatic heterocycles. The van der Waals surface area contributed by atoms with Crippen molar-refractivity contribution in [2.45, 2.75) is 57.0 Å². The summed E-state index contributed by atoms with van der Waals surface area (Å²) >= 11 is 0. The molecule has 2 N–H and O–H groups in total. The molecule has 0 aromatic carbocycles. The summed E-state index contributed by atoms with van der Waals surface area (Å²) in [6.45, 7) is 6.68. The molecule has 1 saturated heterocycles. The van der Waals surface area contributed by atoms with Gasteiger partial charge in [-0.15, -0.1) is 0 Å². The number of alkyl carbamates (subject to hydrolysis) is 1. The number of aliphatic hydroxyl groups is 1. The molecule has 52 heavy (non-hydrogen) atoms. The number of nitrogens with zero attached hydrogens (tertiary/aromatic N) is 5. The summed E-state index contributed by atoms with van der Waals surface area (Å²) in [4.78, 5) is 46.6. The van der Waals surface area contributed by atoms with Gasteiger partial charge in [0.05, 0.1) is 60.5 Å². The molecule has 0 aliphatic carbocycles. The largest absolute Gasteiger partial charge is 0.486 e. The molecule has 16 nitrogen and oxygen atoms in total. The summed E-state index contributed by atoms with van der Waals surface area (Å²) in [6.07, 6.45) is 1.27. The van der Waals surface area contributed by atoms with Crippen LogP contribution in [0.5, 0.6) is 11.5 Å². The van der Waals surface area contributed by atoms with Crippen LogP contribution in [-0.4, -0.2) is 107 Å². The van der Waals surface area contributed by atoms with Crippen molar-refractivity contribution in [1.29, 1.82) is 0 Å². The quantitative estimate of drug-likeness (QED) is 0.272. The lowest BCUT2D eigenvalue weighted by Crippen LogP contribution is -2.55. The van der Waals surface area contributed by atoms with Gasteiger partial charge in [0.1, 0.15) is 29.8 Å². The predicted octanol–water partition coefficient (Wildman–Crippen LogP) is 1.87. The molecule has 7 rings (SSSR count). The second-order valence-electron chi connectivity index (χ2n) is 13.6. The van der Waals surface area contributed by atoms with Gasteiger partial charge in [0.2, 0.25) is 0 Å². The number of hydrogen-bond donors (Lipinski definition) is 2. The molecule has 0 bridgehead atoms. The maximum absolute atomic E-state index is 14.2. The number of amides is 1. The predicted molar refractivity (Wildman–Crippen MR) is 182 cm³/mol. The number of aromatic nitrogens is 4. The van der Waals surface area contributed by atoms with Crippen LogP contribution in [0.15, 0.2) is 46.2 Å². The third-order valence-corrected chi connectivity index (χ3v) is 10.1. The van der Waals surface area contributed by atoms with Gasteiger partial charge in [-0.2, -0.15) is 8.42 Å². The minimum Gasteiger partial charge on any atom is -0.486 e. The van der Waals surface area contributed by atoms with Crippen molar-refractivity contribution in [3.63, 3.8) is 0 Å². The molecule has 19 heteroatoms. The Labute approximate surface area is 296 Å². The van der Waals surface area contributed by atoms with E-state index in [4.69, 9.17) is 14.2 Å². The van der Waals surface area contributed by atoms with Gasteiger partial charge < -0.3 is 24.6 Å². The van der Waals surface area contributed by atoms with E-state index < -0.39 is 62.9 Å². The molecule has 7 heterocycles. The molecule has 3 aliphatic rings. The molecule has 0 saturated carbocycles. The molecule has 0 radical (unpaired) electrons. The first kappa shape index (κ1) is 37.1. The van der Waals surface area contributed by atoms with Crippen molar-refractivity contribution >= 4 is 38.3 Å². The fraction of sp³-hybridized carbons (Fsp3) is 0.485. The Kier molecular flexibility index (Phi) is 10.2. The Hall–Kier alpha value is -4.72. The zero-order chi connectivity index (χ0) is 37.5. The lowest BCUT2D eigenvalue weighted by atomic mass is 10.0. The summed E-state index contributed by atoms with van der Waals surface area (Å²) in [5, 5.41) is 13.3. The number of β-amino-alcohol motifs (C(OH)–C–C–N with tert-alkyl or cyclic N) is 1. The number of likely N-dealkylation sites (tertiary alicyclic amines) is 1. The van der Waals surface area contributed by atoms with E-state index in [2.05, 4.69) is 19.5 Å². The minimum atomic E-state index is -3.80.